The standard InChI is InChI=1S/C26H24Cl2F2N4O3/c1-14-9-22-19(13-33(14)24(35)17-5-8-20(27)21(28)10-17)23-25(36)32(15(2)11-34(23)31-22)12-16-3-6-18(7-4-16)37-26(29)30/h3-8,10,14-15,26H,9,11-13H2,1-2H3/t14-,15+/m1/s1. The van der Waals surface area contributed by atoms with Crippen molar-refractivity contribution in [2.75, 3.05) is 0 Å². The van der Waals surface area contributed by atoms with Crippen LogP contribution in [-0.2, 0) is 26.1 Å². The molecule has 0 unspecified atom stereocenters. The van der Waals surface area contributed by atoms with Gasteiger partial charge in [-0.1, -0.05) is 35.3 Å². The Balaban J connectivity index is 1.39. The van der Waals surface area contributed by atoms with Gasteiger partial charge in [0.1, 0.15) is 11.4 Å². The van der Waals surface area contributed by atoms with E-state index in [0.29, 0.717) is 40.8 Å². The van der Waals surface area contributed by atoms with Crippen molar-refractivity contribution in [1.29, 1.82) is 0 Å². The SMILES string of the molecule is C[C@@H]1Cc2nn3c(c2CN1C(=O)c1ccc(Cl)c(Cl)c1)C(=O)N(Cc1ccc(OC(F)F)cc1)[C@@H](C)C3. The van der Waals surface area contributed by atoms with E-state index in [4.69, 9.17) is 28.3 Å². The normalized spacial score (nSPS) is 19.2. The Bertz CT molecular complexity index is 1360. The molecule has 11 heteroatoms. The lowest BCUT2D eigenvalue weighted by molar-refractivity contribution is -0.0498. The topological polar surface area (TPSA) is 67.7 Å². The third kappa shape index (κ3) is 4.90. The fraction of sp³-hybridized carbons (Fsp3) is 0.346. The number of aromatic nitrogens is 2. The van der Waals surface area contributed by atoms with Crippen LogP contribution in [0.2, 0.25) is 10.0 Å². The number of hydrogen-bond donors (Lipinski definition) is 0. The number of nitrogens with zero attached hydrogens (tertiary/aromatic N) is 4. The van der Waals surface area contributed by atoms with Crippen LogP contribution in [0.1, 0.15) is 51.5 Å². The van der Waals surface area contributed by atoms with E-state index in [2.05, 4.69) is 4.74 Å². The van der Waals surface area contributed by atoms with E-state index in [1.165, 1.54) is 12.1 Å². The molecule has 3 heterocycles. The molecule has 0 radical (unpaired) electrons. The van der Waals surface area contributed by atoms with Crippen molar-refractivity contribution in [2.45, 2.75) is 58.6 Å². The third-order valence-electron chi connectivity index (χ3n) is 6.84. The lowest BCUT2D eigenvalue weighted by atomic mass is 9.97. The van der Waals surface area contributed by atoms with Crippen molar-refractivity contribution in [3.05, 3.63) is 80.6 Å². The average molecular weight is 549 g/mol. The lowest BCUT2D eigenvalue weighted by Gasteiger charge is -2.36. The van der Waals surface area contributed by atoms with E-state index in [1.807, 2.05) is 13.8 Å². The predicted molar refractivity (Wildman–Crippen MR) is 134 cm³/mol. The molecule has 2 aliphatic heterocycles. The van der Waals surface area contributed by atoms with Crippen LogP contribution in [0.4, 0.5) is 8.78 Å². The summed E-state index contributed by atoms with van der Waals surface area (Å²) >= 11 is 12.1. The van der Waals surface area contributed by atoms with E-state index in [9.17, 15) is 18.4 Å². The Morgan fingerprint density at radius 1 is 1.11 bits per heavy atom. The third-order valence-corrected chi connectivity index (χ3v) is 7.58. The van der Waals surface area contributed by atoms with Crippen molar-refractivity contribution in [3.8, 4) is 5.75 Å². The number of benzene rings is 2. The van der Waals surface area contributed by atoms with Gasteiger partial charge in [0.2, 0.25) is 0 Å². The summed E-state index contributed by atoms with van der Waals surface area (Å²) in [5.74, 6) is -0.321. The summed E-state index contributed by atoms with van der Waals surface area (Å²) in [7, 11) is 0. The minimum atomic E-state index is -2.90. The van der Waals surface area contributed by atoms with E-state index < -0.39 is 6.61 Å². The Morgan fingerprint density at radius 3 is 2.51 bits per heavy atom. The van der Waals surface area contributed by atoms with Gasteiger partial charge in [0.15, 0.2) is 0 Å². The lowest BCUT2D eigenvalue weighted by Crippen LogP contribution is -2.47. The van der Waals surface area contributed by atoms with Crippen LogP contribution in [-0.4, -0.2) is 50.1 Å². The molecule has 0 aliphatic carbocycles. The van der Waals surface area contributed by atoms with Crippen LogP contribution in [0, 0.1) is 0 Å². The maximum Gasteiger partial charge on any atom is 0.387 e. The van der Waals surface area contributed by atoms with Gasteiger partial charge in [-0.05, 0) is 49.7 Å². The molecular weight excluding hydrogens is 525 g/mol. The van der Waals surface area contributed by atoms with Crippen LogP contribution >= 0.6 is 23.2 Å². The number of rotatable bonds is 5. The van der Waals surface area contributed by atoms with Gasteiger partial charge in [0.25, 0.3) is 11.8 Å². The van der Waals surface area contributed by atoms with Gasteiger partial charge in [0.05, 0.1) is 28.8 Å². The molecule has 37 heavy (non-hydrogen) atoms. The van der Waals surface area contributed by atoms with Crippen LogP contribution in [0.5, 0.6) is 5.75 Å². The predicted octanol–water partition coefficient (Wildman–Crippen LogP) is 5.42. The summed E-state index contributed by atoms with van der Waals surface area (Å²) in [6.07, 6.45) is 0.523. The van der Waals surface area contributed by atoms with Crippen LogP contribution in [0.3, 0.4) is 0 Å². The summed E-state index contributed by atoms with van der Waals surface area (Å²) in [4.78, 5) is 30.5. The molecule has 3 aromatic rings. The molecular formula is C26H24Cl2F2N4O3. The second-order valence-corrected chi connectivity index (χ2v) is 10.2. The van der Waals surface area contributed by atoms with Crippen LogP contribution in [0.15, 0.2) is 42.5 Å². The largest absolute Gasteiger partial charge is 0.435 e. The fourth-order valence-electron chi connectivity index (χ4n) is 4.92. The second-order valence-electron chi connectivity index (χ2n) is 9.38. The average Bonchev–Trinajstić information content (AvgIpc) is 3.20. The molecule has 194 valence electrons. The number of amides is 2. The molecule has 2 aromatic carbocycles. The van der Waals surface area contributed by atoms with Crippen LogP contribution < -0.4 is 4.74 Å². The van der Waals surface area contributed by atoms with E-state index in [0.717, 1.165) is 16.8 Å². The summed E-state index contributed by atoms with van der Waals surface area (Å²) in [6.45, 7) is 2.06. The minimum Gasteiger partial charge on any atom is -0.435 e. The summed E-state index contributed by atoms with van der Waals surface area (Å²) in [5.41, 5.74) is 3.25. The summed E-state index contributed by atoms with van der Waals surface area (Å²) in [5, 5.41) is 5.39. The smallest absolute Gasteiger partial charge is 0.387 e. The highest BCUT2D eigenvalue weighted by Gasteiger charge is 2.39. The van der Waals surface area contributed by atoms with Gasteiger partial charge in [-0.25, -0.2) is 0 Å². The van der Waals surface area contributed by atoms with E-state index in [1.54, 1.807) is 44.8 Å². The number of ether oxygens (including phenoxy) is 1. The number of carbonyl (C=O) groups is 2. The Kier molecular flexibility index (Phi) is 6.85. The minimum absolute atomic E-state index is 0.0600. The molecule has 2 aliphatic rings. The molecule has 5 rings (SSSR count). The molecule has 0 fully saturated rings. The number of halogens is 4. The molecule has 7 nitrogen and oxygen atoms in total. The summed E-state index contributed by atoms with van der Waals surface area (Å²) in [6, 6.07) is 10.8. The van der Waals surface area contributed by atoms with Crippen LogP contribution in [0.25, 0.3) is 0 Å². The fourth-order valence-corrected chi connectivity index (χ4v) is 5.22. The molecule has 0 spiro atoms. The van der Waals surface area contributed by atoms with Gasteiger partial charge in [0, 0.05) is 36.2 Å². The summed E-state index contributed by atoms with van der Waals surface area (Å²) < 4.78 is 31.1. The van der Waals surface area contributed by atoms with Gasteiger partial charge in [-0.2, -0.15) is 13.9 Å². The first-order valence-electron chi connectivity index (χ1n) is 11.8. The van der Waals surface area contributed by atoms with Gasteiger partial charge >= 0.3 is 6.61 Å². The number of hydrogen-bond acceptors (Lipinski definition) is 4. The van der Waals surface area contributed by atoms with Gasteiger partial charge in [-0.15, -0.1) is 0 Å². The van der Waals surface area contributed by atoms with E-state index >= 15 is 0 Å². The first-order chi connectivity index (χ1) is 17.6. The first kappa shape index (κ1) is 25.5. The maximum absolute atomic E-state index is 13.7. The molecule has 0 N–H and O–H groups in total. The van der Waals surface area contributed by atoms with Crippen molar-refractivity contribution >= 4 is 35.0 Å². The van der Waals surface area contributed by atoms with Crippen molar-refractivity contribution in [2.24, 2.45) is 0 Å². The highest BCUT2D eigenvalue weighted by atomic mass is 35.5. The maximum atomic E-state index is 13.7. The van der Waals surface area contributed by atoms with Crippen molar-refractivity contribution < 1.29 is 23.1 Å². The monoisotopic (exact) mass is 548 g/mol. The van der Waals surface area contributed by atoms with Crippen molar-refractivity contribution in [1.82, 2.24) is 19.6 Å². The zero-order chi connectivity index (χ0) is 26.4. The zero-order valence-electron chi connectivity index (χ0n) is 20.1. The highest BCUT2D eigenvalue weighted by molar-refractivity contribution is 6.42. The number of carbonyl (C=O) groups excluding carboxylic acids is 2. The van der Waals surface area contributed by atoms with Gasteiger partial charge in [-0.3, -0.25) is 14.3 Å². The zero-order valence-corrected chi connectivity index (χ0v) is 21.6. The van der Waals surface area contributed by atoms with Gasteiger partial charge < -0.3 is 14.5 Å². The number of fused-ring (bicyclic) bond motifs is 3. The number of alkyl halides is 2. The molecule has 1 aromatic heterocycles. The molecule has 2 amide bonds. The Labute approximate surface area is 222 Å². The quantitative estimate of drug-likeness (QED) is 0.426. The molecule has 0 saturated heterocycles. The van der Waals surface area contributed by atoms with Crippen molar-refractivity contribution in [3.63, 3.8) is 0 Å². The first-order valence-corrected chi connectivity index (χ1v) is 12.6. The Hall–Kier alpha value is -3.17. The highest BCUT2D eigenvalue weighted by Crippen LogP contribution is 2.32. The Morgan fingerprint density at radius 2 is 1.84 bits per heavy atom. The molecule has 0 saturated carbocycles. The second kappa shape index (κ2) is 9.95. The molecule has 2 atom stereocenters. The molecule has 0 bridgehead atoms. The van der Waals surface area contributed by atoms with E-state index in [-0.39, 0.29) is 36.2 Å².